The Morgan fingerprint density at radius 2 is 2.23 bits per heavy atom. The largest absolute Gasteiger partial charge is 0.465 e. The molecule has 0 fully saturated rings. The monoisotopic (exact) mass is 366 g/mol. The van der Waals surface area contributed by atoms with Crippen LogP contribution in [0.2, 0.25) is 0 Å². The molecule has 3 heterocycles. The van der Waals surface area contributed by atoms with Crippen molar-refractivity contribution in [1.29, 1.82) is 5.26 Å². The zero-order valence-corrected chi connectivity index (χ0v) is 15.6. The third kappa shape index (κ3) is 2.59. The lowest BCUT2D eigenvalue weighted by molar-refractivity contribution is 0.0606. The van der Waals surface area contributed by atoms with E-state index in [1.165, 1.54) is 30.3 Å². The van der Waals surface area contributed by atoms with Crippen LogP contribution in [0.3, 0.4) is 0 Å². The molecule has 0 saturated heterocycles. The molecule has 132 valence electrons. The van der Waals surface area contributed by atoms with E-state index in [-0.39, 0.29) is 0 Å². The number of esters is 1. The molecule has 26 heavy (non-hydrogen) atoms. The average molecular weight is 366 g/mol. The minimum absolute atomic E-state index is 0.310. The lowest BCUT2D eigenvalue weighted by Gasteiger charge is -2.31. The molecule has 0 bridgehead atoms. The van der Waals surface area contributed by atoms with Crippen molar-refractivity contribution in [2.45, 2.75) is 19.5 Å². The van der Waals surface area contributed by atoms with Gasteiger partial charge in [-0.3, -0.25) is 4.90 Å². The Kier molecular flexibility index (Phi) is 4.02. The number of carbonyl (C=O) groups excluding carboxylic acids is 1. The van der Waals surface area contributed by atoms with Gasteiger partial charge in [-0.15, -0.1) is 11.3 Å². The van der Waals surface area contributed by atoms with E-state index in [4.69, 9.17) is 4.74 Å². The number of hydrogen-bond acceptors (Lipinski definition) is 6. The van der Waals surface area contributed by atoms with Crippen molar-refractivity contribution in [1.82, 2.24) is 14.5 Å². The van der Waals surface area contributed by atoms with Crippen LogP contribution in [0.5, 0.6) is 0 Å². The second-order valence-corrected chi connectivity index (χ2v) is 7.68. The summed E-state index contributed by atoms with van der Waals surface area (Å²) in [5.41, 5.74) is 3.68. The first-order valence-electron chi connectivity index (χ1n) is 8.33. The number of aromatic nitrogens is 2. The fourth-order valence-electron chi connectivity index (χ4n) is 3.74. The summed E-state index contributed by atoms with van der Waals surface area (Å²) in [5.74, 6) is -0.397. The van der Waals surface area contributed by atoms with Crippen LogP contribution in [0.1, 0.15) is 33.9 Å². The van der Waals surface area contributed by atoms with Gasteiger partial charge in [-0.1, -0.05) is 0 Å². The Morgan fingerprint density at radius 1 is 1.42 bits per heavy atom. The normalized spacial score (nSPS) is 17.1. The van der Waals surface area contributed by atoms with E-state index in [1.54, 1.807) is 0 Å². The van der Waals surface area contributed by atoms with Crippen molar-refractivity contribution < 1.29 is 9.53 Å². The molecule has 1 aliphatic rings. The summed E-state index contributed by atoms with van der Waals surface area (Å²) in [6.45, 7) is 4.00. The van der Waals surface area contributed by atoms with Crippen molar-refractivity contribution in [2.75, 3.05) is 20.7 Å². The first-order chi connectivity index (χ1) is 12.5. The third-order valence-corrected chi connectivity index (χ3v) is 5.75. The number of likely N-dealkylation sites (N-methyl/N-ethyl adjacent to an activating group) is 1. The van der Waals surface area contributed by atoms with Crippen molar-refractivity contribution in [3.8, 4) is 16.6 Å². The van der Waals surface area contributed by atoms with Crippen LogP contribution in [0.4, 0.5) is 0 Å². The number of ether oxygens (including phenoxy) is 1. The van der Waals surface area contributed by atoms with E-state index in [2.05, 4.69) is 40.6 Å². The van der Waals surface area contributed by atoms with Crippen LogP contribution in [0, 0.1) is 11.3 Å². The third-order valence-electron chi connectivity index (χ3n) is 4.72. The predicted molar refractivity (Wildman–Crippen MR) is 100 cm³/mol. The van der Waals surface area contributed by atoms with Gasteiger partial charge in [-0.2, -0.15) is 5.26 Å². The molecule has 1 atom stereocenters. The Morgan fingerprint density at radius 3 is 2.96 bits per heavy atom. The van der Waals surface area contributed by atoms with Gasteiger partial charge in [0.05, 0.1) is 24.4 Å². The maximum atomic E-state index is 11.7. The highest BCUT2D eigenvalue weighted by molar-refractivity contribution is 7.16. The molecule has 6 nitrogen and oxygen atoms in total. The Balaban J connectivity index is 1.88. The maximum Gasteiger partial charge on any atom is 0.349 e. The Hall–Kier alpha value is -2.69. The van der Waals surface area contributed by atoms with Crippen molar-refractivity contribution in [3.05, 3.63) is 40.5 Å². The summed E-state index contributed by atoms with van der Waals surface area (Å²) in [4.78, 5) is 18.8. The predicted octanol–water partition coefficient (Wildman–Crippen LogP) is 3.43. The summed E-state index contributed by atoms with van der Waals surface area (Å²) >= 11 is 1.27. The van der Waals surface area contributed by atoms with E-state index in [0.29, 0.717) is 21.5 Å². The van der Waals surface area contributed by atoms with E-state index in [9.17, 15) is 10.1 Å². The summed E-state index contributed by atoms with van der Waals surface area (Å²) < 4.78 is 7.03. The lowest BCUT2D eigenvalue weighted by Crippen LogP contribution is -2.32. The highest BCUT2D eigenvalue weighted by atomic mass is 32.1. The second kappa shape index (κ2) is 6.24. The van der Waals surface area contributed by atoms with Gasteiger partial charge in [0.1, 0.15) is 16.0 Å². The zero-order chi connectivity index (χ0) is 18.4. The van der Waals surface area contributed by atoms with Crippen molar-refractivity contribution in [3.63, 3.8) is 0 Å². The number of fused-ring (bicyclic) bond motifs is 3. The molecule has 1 unspecified atom stereocenters. The molecular formula is C19H18N4O2S. The zero-order valence-electron chi connectivity index (χ0n) is 14.8. The SMILES string of the molecule is COC(=O)c1cnc(-c2cc(C#N)c3c(c2)cc2n3C(C)CN(C)C2)s1. The number of nitriles is 1. The molecule has 1 aliphatic heterocycles. The van der Waals surface area contributed by atoms with Crippen LogP contribution >= 0.6 is 11.3 Å². The molecule has 3 aromatic rings. The van der Waals surface area contributed by atoms with Crippen LogP contribution in [0.25, 0.3) is 21.5 Å². The van der Waals surface area contributed by atoms with Crippen molar-refractivity contribution in [2.24, 2.45) is 0 Å². The topological polar surface area (TPSA) is 71.1 Å². The lowest BCUT2D eigenvalue weighted by atomic mass is 10.1. The van der Waals surface area contributed by atoms with E-state index >= 15 is 0 Å². The molecular weight excluding hydrogens is 348 g/mol. The number of methoxy groups -OCH3 is 1. The highest BCUT2D eigenvalue weighted by Crippen LogP contribution is 2.35. The summed E-state index contributed by atoms with van der Waals surface area (Å²) in [7, 11) is 3.46. The first-order valence-corrected chi connectivity index (χ1v) is 9.14. The van der Waals surface area contributed by atoms with Gasteiger partial charge >= 0.3 is 5.97 Å². The van der Waals surface area contributed by atoms with Gasteiger partial charge in [0.2, 0.25) is 0 Å². The number of nitrogens with zero attached hydrogens (tertiary/aromatic N) is 4. The Bertz CT molecular complexity index is 1060. The summed E-state index contributed by atoms with van der Waals surface area (Å²) in [5, 5.41) is 11.5. The smallest absolute Gasteiger partial charge is 0.349 e. The number of benzene rings is 1. The van der Waals surface area contributed by atoms with Gasteiger partial charge < -0.3 is 9.30 Å². The van der Waals surface area contributed by atoms with Gasteiger partial charge in [0, 0.05) is 35.8 Å². The number of rotatable bonds is 2. The molecule has 0 radical (unpaired) electrons. The molecule has 2 aromatic heterocycles. The highest BCUT2D eigenvalue weighted by Gasteiger charge is 2.24. The minimum atomic E-state index is -0.397. The van der Waals surface area contributed by atoms with Crippen LogP contribution in [0.15, 0.2) is 24.4 Å². The molecule has 0 N–H and O–H groups in total. The molecule has 0 aliphatic carbocycles. The van der Waals surface area contributed by atoms with Gasteiger partial charge in [0.15, 0.2) is 0 Å². The van der Waals surface area contributed by atoms with Crippen molar-refractivity contribution >= 4 is 28.2 Å². The van der Waals surface area contributed by atoms with E-state index in [1.807, 2.05) is 12.1 Å². The van der Waals surface area contributed by atoms with Gasteiger partial charge in [0.25, 0.3) is 0 Å². The summed E-state index contributed by atoms with van der Waals surface area (Å²) in [6.07, 6.45) is 1.52. The van der Waals surface area contributed by atoms with Crippen LogP contribution in [-0.4, -0.2) is 41.1 Å². The average Bonchev–Trinajstić information content (AvgIpc) is 3.24. The first kappa shape index (κ1) is 16.8. The number of thiazole rings is 1. The second-order valence-electron chi connectivity index (χ2n) is 6.65. The molecule has 0 amide bonds. The Labute approximate surface area is 155 Å². The quantitative estimate of drug-likeness (QED) is 0.650. The van der Waals surface area contributed by atoms with Gasteiger partial charge in [-0.05, 0) is 32.2 Å². The molecule has 1 aromatic carbocycles. The molecule has 4 rings (SSSR count). The number of hydrogen-bond donors (Lipinski definition) is 0. The summed E-state index contributed by atoms with van der Waals surface area (Å²) in [6, 6.07) is 8.71. The van der Waals surface area contributed by atoms with Gasteiger partial charge in [-0.25, -0.2) is 9.78 Å². The molecule has 0 saturated carbocycles. The molecule has 0 spiro atoms. The number of carbonyl (C=O) groups is 1. The fourth-order valence-corrected chi connectivity index (χ4v) is 4.56. The molecule has 7 heteroatoms. The standard InChI is InChI=1S/C19H18N4O2S/c1-11-9-22(2)10-15-6-12-4-13(5-14(7-20)17(12)23(11)15)18-21-8-16(26-18)19(24)25-3/h4-6,8,11H,9-10H2,1-3H3. The van der Waals surface area contributed by atoms with Crippen LogP contribution < -0.4 is 0 Å². The minimum Gasteiger partial charge on any atom is -0.465 e. The fraction of sp³-hybridized carbons (Fsp3) is 0.316. The van der Waals surface area contributed by atoms with E-state index < -0.39 is 5.97 Å². The maximum absolute atomic E-state index is 11.7. The van der Waals surface area contributed by atoms with Crippen LogP contribution in [-0.2, 0) is 11.3 Å². The van der Waals surface area contributed by atoms with E-state index in [0.717, 1.165) is 29.6 Å².